The first kappa shape index (κ1) is 14.6. The summed E-state index contributed by atoms with van der Waals surface area (Å²) >= 11 is 0. The van der Waals surface area contributed by atoms with Crippen LogP contribution in [0.3, 0.4) is 0 Å². The molecule has 0 bridgehead atoms. The highest BCUT2D eigenvalue weighted by molar-refractivity contribution is 5.82. The van der Waals surface area contributed by atoms with Crippen LogP contribution in [0.4, 0.5) is 0 Å². The van der Waals surface area contributed by atoms with Gasteiger partial charge in [0, 0.05) is 13.3 Å². The summed E-state index contributed by atoms with van der Waals surface area (Å²) in [7, 11) is 1.60. The number of carbonyl (C=O) groups excluding carboxylic acids is 1. The number of hydrogen-bond acceptors (Lipinski definition) is 4. The molecule has 18 heavy (non-hydrogen) atoms. The predicted molar refractivity (Wildman–Crippen MR) is 70.0 cm³/mol. The molecule has 2 N–H and O–H groups in total. The molecule has 1 amide bonds. The standard InChI is InChI=1S/C13H21N3O2/c1-4-14-12(10(2)18-3)13(17)16-9-11-7-5-6-8-15-11/h5-8,10,12,14H,4,9H2,1-3H3,(H,16,17)/t10-,12?/m1/s1. The second-order valence-electron chi connectivity index (χ2n) is 4.02. The van der Waals surface area contributed by atoms with Gasteiger partial charge < -0.3 is 15.4 Å². The molecule has 0 aliphatic rings. The van der Waals surface area contributed by atoms with Crippen LogP contribution in [-0.2, 0) is 16.1 Å². The Labute approximate surface area is 108 Å². The molecular weight excluding hydrogens is 230 g/mol. The third kappa shape index (κ3) is 4.43. The molecular formula is C13H21N3O2. The average Bonchev–Trinajstić information content (AvgIpc) is 2.42. The molecule has 0 saturated heterocycles. The number of nitrogens with zero attached hydrogens (tertiary/aromatic N) is 1. The van der Waals surface area contributed by atoms with Gasteiger partial charge in [0.15, 0.2) is 0 Å². The lowest BCUT2D eigenvalue weighted by molar-refractivity contribution is -0.126. The number of hydrogen-bond donors (Lipinski definition) is 2. The van der Waals surface area contributed by atoms with Crippen molar-refractivity contribution in [3.05, 3.63) is 30.1 Å². The van der Waals surface area contributed by atoms with E-state index in [1.165, 1.54) is 0 Å². The van der Waals surface area contributed by atoms with Gasteiger partial charge in [-0.05, 0) is 25.6 Å². The molecule has 0 fully saturated rings. The van der Waals surface area contributed by atoms with Crippen molar-refractivity contribution in [3.63, 3.8) is 0 Å². The molecule has 0 saturated carbocycles. The Morgan fingerprint density at radius 2 is 2.28 bits per heavy atom. The Balaban J connectivity index is 2.51. The zero-order chi connectivity index (χ0) is 13.4. The number of methoxy groups -OCH3 is 1. The maximum Gasteiger partial charge on any atom is 0.240 e. The molecule has 0 aromatic carbocycles. The quantitative estimate of drug-likeness (QED) is 0.749. The minimum atomic E-state index is -0.344. The monoisotopic (exact) mass is 251 g/mol. The molecule has 2 atom stereocenters. The first-order chi connectivity index (χ1) is 8.69. The van der Waals surface area contributed by atoms with Crippen molar-refractivity contribution in [1.82, 2.24) is 15.6 Å². The van der Waals surface area contributed by atoms with Crippen molar-refractivity contribution < 1.29 is 9.53 Å². The van der Waals surface area contributed by atoms with Crippen molar-refractivity contribution in [2.24, 2.45) is 0 Å². The highest BCUT2D eigenvalue weighted by Gasteiger charge is 2.23. The van der Waals surface area contributed by atoms with E-state index in [0.717, 1.165) is 12.2 Å². The van der Waals surface area contributed by atoms with E-state index in [-0.39, 0.29) is 18.1 Å². The van der Waals surface area contributed by atoms with Gasteiger partial charge in [-0.3, -0.25) is 9.78 Å². The fourth-order valence-corrected chi connectivity index (χ4v) is 1.62. The number of rotatable bonds is 7. The van der Waals surface area contributed by atoms with Gasteiger partial charge in [-0.2, -0.15) is 0 Å². The van der Waals surface area contributed by atoms with E-state index in [1.807, 2.05) is 32.0 Å². The third-order valence-electron chi connectivity index (χ3n) is 2.72. The minimum absolute atomic E-state index is 0.0724. The van der Waals surface area contributed by atoms with E-state index < -0.39 is 0 Å². The smallest absolute Gasteiger partial charge is 0.240 e. The van der Waals surface area contributed by atoms with E-state index in [1.54, 1.807) is 13.3 Å². The molecule has 0 aliphatic carbocycles. The normalized spacial score (nSPS) is 13.9. The molecule has 0 aliphatic heterocycles. The topological polar surface area (TPSA) is 63.2 Å². The van der Waals surface area contributed by atoms with E-state index in [2.05, 4.69) is 15.6 Å². The summed E-state index contributed by atoms with van der Waals surface area (Å²) in [6.45, 7) is 4.97. The Morgan fingerprint density at radius 1 is 1.50 bits per heavy atom. The number of carbonyl (C=O) groups is 1. The largest absolute Gasteiger partial charge is 0.380 e. The van der Waals surface area contributed by atoms with Crippen LogP contribution >= 0.6 is 0 Å². The van der Waals surface area contributed by atoms with Crippen LogP contribution in [0.2, 0.25) is 0 Å². The lowest BCUT2D eigenvalue weighted by atomic mass is 10.1. The Kier molecular flexibility index (Phi) is 6.32. The van der Waals surface area contributed by atoms with Crippen molar-refractivity contribution in [2.45, 2.75) is 32.5 Å². The Hall–Kier alpha value is -1.46. The van der Waals surface area contributed by atoms with Crippen molar-refractivity contribution in [1.29, 1.82) is 0 Å². The maximum atomic E-state index is 12.0. The maximum absolute atomic E-state index is 12.0. The Morgan fingerprint density at radius 3 is 2.83 bits per heavy atom. The van der Waals surface area contributed by atoms with E-state index in [9.17, 15) is 4.79 Å². The van der Waals surface area contributed by atoms with Crippen LogP contribution in [-0.4, -0.2) is 36.7 Å². The zero-order valence-corrected chi connectivity index (χ0v) is 11.1. The summed E-state index contributed by atoms with van der Waals surface area (Å²) in [5.41, 5.74) is 0.839. The summed E-state index contributed by atoms with van der Waals surface area (Å²) in [6.07, 6.45) is 1.54. The molecule has 0 spiro atoms. The van der Waals surface area contributed by atoms with Crippen molar-refractivity contribution in [2.75, 3.05) is 13.7 Å². The number of likely N-dealkylation sites (N-methyl/N-ethyl adjacent to an activating group) is 1. The number of ether oxygens (including phenoxy) is 1. The first-order valence-electron chi connectivity index (χ1n) is 6.12. The first-order valence-corrected chi connectivity index (χ1v) is 6.12. The van der Waals surface area contributed by atoms with Crippen molar-refractivity contribution in [3.8, 4) is 0 Å². The highest BCUT2D eigenvalue weighted by atomic mass is 16.5. The molecule has 1 unspecified atom stereocenters. The van der Waals surface area contributed by atoms with E-state index in [4.69, 9.17) is 4.74 Å². The van der Waals surface area contributed by atoms with Gasteiger partial charge in [0.2, 0.25) is 5.91 Å². The SMILES string of the molecule is CCNC(C(=O)NCc1ccccn1)[C@@H](C)OC. The molecule has 1 aromatic rings. The van der Waals surface area contributed by atoms with Crippen LogP contribution in [0.5, 0.6) is 0 Å². The summed E-state index contributed by atoms with van der Waals surface area (Å²) in [5, 5.41) is 5.97. The fraction of sp³-hybridized carbons (Fsp3) is 0.538. The number of pyridine rings is 1. The van der Waals surface area contributed by atoms with E-state index in [0.29, 0.717) is 6.54 Å². The van der Waals surface area contributed by atoms with Gasteiger partial charge in [-0.1, -0.05) is 13.0 Å². The van der Waals surface area contributed by atoms with Gasteiger partial charge in [0.1, 0.15) is 6.04 Å². The van der Waals surface area contributed by atoms with Gasteiger partial charge in [-0.15, -0.1) is 0 Å². The van der Waals surface area contributed by atoms with E-state index >= 15 is 0 Å². The third-order valence-corrected chi connectivity index (χ3v) is 2.72. The van der Waals surface area contributed by atoms with Crippen LogP contribution < -0.4 is 10.6 Å². The van der Waals surface area contributed by atoms with Crippen LogP contribution in [0.25, 0.3) is 0 Å². The van der Waals surface area contributed by atoms with Crippen LogP contribution in [0.1, 0.15) is 19.5 Å². The predicted octanol–water partition coefficient (Wildman–Crippen LogP) is 0.711. The molecule has 0 radical (unpaired) electrons. The summed E-state index contributed by atoms with van der Waals surface area (Å²) in [5.74, 6) is -0.0724. The summed E-state index contributed by atoms with van der Waals surface area (Å²) < 4.78 is 5.20. The van der Waals surface area contributed by atoms with Gasteiger partial charge in [0.05, 0.1) is 18.3 Å². The summed E-state index contributed by atoms with van der Waals surface area (Å²) in [6, 6.07) is 5.28. The second-order valence-corrected chi connectivity index (χ2v) is 4.02. The zero-order valence-electron chi connectivity index (χ0n) is 11.1. The van der Waals surface area contributed by atoms with Crippen LogP contribution in [0, 0.1) is 0 Å². The lowest BCUT2D eigenvalue weighted by Gasteiger charge is -2.22. The lowest BCUT2D eigenvalue weighted by Crippen LogP contribution is -2.50. The Bertz CT molecular complexity index is 357. The molecule has 5 heteroatoms. The van der Waals surface area contributed by atoms with Crippen molar-refractivity contribution >= 4 is 5.91 Å². The molecule has 1 rings (SSSR count). The van der Waals surface area contributed by atoms with Gasteiger partial charge in [-0.25, -0.2) is 0 Å². The van der Waals surface area contributed by atoms with Gasteiger partial charge in [0.25, 0.3) is 0 Å². The number of amides is 1. The molecule has 1 heterocycles. The van der Waals surface area contributed by atoms with Crippen LogP contribution in [0.15, 0.2) is 24.4 Å². The van der Waals surface area contributed by atoms with Gasteiger partial charge >= 0.3 is 0 Å². The molecule has 5 nitrogen and oxygen atoms in total. The number of aromatic nitrogens is 1. The highest BCUT2D eigenvalue weighted by Crippen LogP contribution is 1.99. The molecule has 1 aromatic heterocycles. The average molecular weight is 251 g/mol. The molecule has 100 valence electrons. The minimum Gasteiger partial charge on any atom is -0.380 e. The number of nitrogens with one attached hydrogen (secondary N) is 2. The summed E-state index contributed by atoms with van der Waals surface area (Å²) in [4.78, 5) is 16.2. The fourth-order valence-electron chi connectivity index (χ4n) is 1.62. The second kappa shape index (κ2) is 7.79.